The number of anilines is 1. The van der Waals surface area contributed by atoms with Crippen molar-refractivity contribution in [2.45, 2.75) is 6.92 Å². The molecular formula is C14H16N4O. The zero-order chi connectivity index (χ0) is 13.5. The fourth-order valence-electron chi connectivity index (χ4n) is 1.60. The molecule has 0 bridgehead atoms. The Balaban J connectivity index is 1.95. The third-order valence-electron chi connectivity index (χ3n) is 2.60. The Bertz CT molecular complexity index is 555. The average molecular weight is 256 g/mol. The van der Waals surface area contributed by atoms with E-state index in [0.717, 1.165) is 11.1 Å². The monoisotopic (exact) mass is 256 g/mol. The number of nitrogen functional groups attached to an aromatic ring is 1. The van der Waals surface area contributed by atoms with Crippen LogP contribution in [0.25, 0.3) is 6.08 Å². The number of benzene rings is 1. The minimum Gasteiger partial charge on any atom is -0.473 e. The molecule has 3 N–H and O–H groups in total. The van der Waals surface area contributed by atoms with Crippen molar-refractivity contribution < 1.29 is 4.74 Å². The summed E-state index contributed by atoms with van der Waals surface area (Å²) in [6, 6.07) is 10.0. The molecule has 0 fully saturated rings. The number of rotatable bonds is 5. The van der Waals surface area contributed by atoms with Crippen LogP contribution in [0.2, 0.25) is 0 Å². The smallest absolute Gasteiger partial charge is 0.221 e. The van der Waals surface area contributed by atoms with Gasteiger partial charge in [0.05, 0.1) is 5.56 Å². The molecule has 0 unspecified atom stereocenters. The van der Waals surface area contributed by atoms with Gasteiger partial charge < -0.3 is 10.2 Å². The van der Waals surface area contributed by atoms with Gasteiger partial charge in [-0.2, -0.15) is 0 Å². The number of nitrogens with one attached hydrogen (secondary N) is 1. The lowest BCUT2D eigenvalue weighted by atomic mass is 10.2. The highest BCUT2D eigenvalue weighted by Crippen LogP contribution is 2.19. The quantitative estimate of drug-likeness (QED) is 0.633. The van der Waals surface area contributed by atoms with Gasteiger partial charge in [-0.05, 0) is 18.6 Å². The zero-order valence-corrected chi connectivity index (χ0v) is 10.7. The molecule has 1 heterocycles. The highest BCUT2D eigenvalue weighted by atomic mass is 16.5. The first-order chi connectivity index (χ1) is 9.31. The SMILES string of the molecule is Cc1c(NN)ncnc1OC/C=C/c1ccccc1. The van der Waals surface area contributed by atoms with Gasteiger partial charge >= 0.3 is 0 Å². The first-order valence-corrected chi connectivity index (χ1v) is 5.94. The maximum absolute atomic E-state index is 5.57. The molecule has 0 aliphatic rings. The molecule has 98 valence electrons. The van der Waals surface area contributed by atoms with Crippen molar-refractivity contribution >= 4 is 11.9 Å². The van der Waals surface area contributed by atoms with Crippen LogP contribution in [0.3, 0.4) is 0 Å². The topological polar surface area (TPSA) is 73.1 Å². The van der Waals surface area contributed by atoms with Gasteiger partial charge in [0.2, 0.25) is 5.88 Å². The summed E-state index contributed by atoms with van der Waals surface area (Å²) in [5, 5.41) is 0. The molecule has 0 aliphatic heterocycles. The molecule has 0 radical (unpaired) electrons. The van der Waals surface area contributed by atoms with E-state index >= 15 is 0 Å². The number of hydrazine groups is 1. The number of aromatic nitrogens is 2. The Kier molecular flexibility index (Phi) is 4.47. The molecule has 0 saturated heterocycles. The second-order valence-corrected chi connectivity index (χ2v) is 3.92. The van der Waals surface area contributed by atoms with Crippen LogP contribution in [0.15, 0.2) is 42.7 Å². The van der Waals surface area contributed by atoms with Crippen LogP contribution in [0, 0.1) is 6.92 Å². The molecule has 2 aromatic rings. The van der Waals surface area contributed by atoms with Gasteiger partial charge in [0.1, 0.15) is 18.8 Å². The zero-order valence-electron chi connectivity index (χ0n) is 10.7. The minimum absolute atomic E-state index is 0.441. The Hall–Kier alpha value is -2.40. The lowest BCUT2D eigenvalue weighted by Gasteiger charge is -2.08. The van der Waals surface area contributed by atoms with Gasteiger partial charge in [-0.25, -0.2) is 15.8 Å². The van der Waals surface area contributed by atoms with E-state index in [2.05, 4.69) is 15.4 Å². The van der Waals surface area contributed by atoms with Crippen molar-refractivity contribution in [2.24, 2.45) is 5.84 Å². The standard InChI is InChI=1S/C14H16N4O/c1-11-13(18-15)16-10-17-14(11)19-9-5-8-12-6-3-2-4-7-12/h2-8,10H,9,15H2,1H3,(H,16,17,18)/b8-5+. The van der Waals surface area contributed by atoms with E-state index in [1.54, 1.807) is 0 Å². The summed E-state index contributed by atoms with van der Waals surface area (Å²) in [7, 11) is 0. The summed E-state index contributed by atoms with van der Waals surface area (Å²) >= 11 is 0. The Morgan fingerprint density at radius 1 is 1.26 bits per heavy atom. The fraction of sp³-hybridized carbons (Fsp3) is 0.143. The minimum atomic E-state index is 0.441. The molecular weight excluding hydrogens is 240 g/mol. The maximum atomic E-state index is 5.57. The van der Waals surface area contributed by atoms with E-state index in [-0.39, 0.29) is 0 Å². The number of nitrogens with two attached hydrogens (primary N) is 1. The van der Waals surface area contributed by atoms with Crippen molar-refractivity contribution in [1.29, 1.82) is 0 Å². The Morgan fingerprint density at radius 2 is 2.05 bits per heavy atom. The van der Waals surface area contributed by atoms with Gasteiger partial charge in [0, 0.05) is 0 Å². The van der Waals surface area contributed by atoms with E-state index in [1.165, 1.54) is 6.33 Å². The summed E-state index contributed by atoms with van der Waals surface area (Å²) in [5.74, 6) is 6.44. The van der Waals surface area contributed by atoms with Crippen molar-refractivity contribution in [3.05, 3.63) is 53.9 Å². The second-order valence-electron chi connectivity index (χ2n) is 3.92. The Labute approximate surface area is 112 Å². The van der Waals surface area contributed by atoms with E-state index < -0.39 is 0 Å². The molecule has 0 amide bonds. The van der Waals surface area contributed by atoms with E-state index in [0.29, 0.717) is 18.3 Å². The van der Waals surface area contributed by atoms with Crippen molar-refractivity contribution in [1.82, 2.24) is 9.97 Å². The number of nitrogens with zero attached hydrogens (tertiary/aromatic N) is 2. The van der Waals surface area contributed by atoms with E-state index in [9.17, 15) is 0 Å². The van der Waals surface area contributed by atoms with Crippen LogP contribution in [0.4, 0.5) is 5.82 Å². The molecule has 2 rings (SSSR count). The van der Waals surface area contributed by atoms with E-state index in [4.69, 9.17) is 10.6 Å². The summed E-state index contributed by atoms with van der Waals surface area (Å²) in [6.07, 6.45) is 5.35. The van der Waals surface area contributed by atoms with Crippen LogP contribution in [0.1, 0.15) is 11.1 Å². The second kappa shape index (κ2) is 6.51. The van der Waals surface area contributed by atoms with Crippen LogP contribution in [-0.4, -0.2) is 16.6 Å². The molecule has 0 spiro atoms. The molecule has 19 heavy (non-hydrogen) atoms. The molecule has 0 atom stereocenters. The van der Waals surface area contributed by atoms with Crippen LogP contribution < -0.4 is 16.0 Å². The number of hydrogen-bond donors (Lipinski definition) is 2. The van der Waals surface area contributed by atoms with Gasteiger partial charge in [-0.1, -0.05) is 36.4 Å². The Morgan fingerprint density at radius 3 is 2.79 bits per heavy atom. The summed E-state index contributed by atoms with van der Waals surface area (Å²) in [4.78, 5) is 8.06. The van der Waals surface area contributed by atoms with Crippen molar-refractivity contribution in [3.63, 3.8) is 0 Å². The van der Waals surface area contributed by atoms with Gasteiger partial charge in [0.25, 0.3) is 0 Å². The molecule has 1 aromatic carbocycles. The molecule has 0 aliphatic carbocycles. The molecule has 0 saturated carbocycles. The van der Waals surface area contributed by atoms with Crippen LogP contribution in [-0.2, 0) is 0 Å². The first-order valence-electron chi connectivity index (χ1n) is 5.94. The molecule has 5 nitrogen and oxygen atoms in total. The number of ether oxygens (including phenoxy) is 1. The third-order valence-corrected chi connectivity index (χ3v) is 2.60. The summed E-state index contributed by atoms with van der Waals surface area (Å²) in [6.45, 7) is 2.29. The predicted octanol–water partition coefficient (Wildman–Crippen LogP) is 2.16. The van der Waals surface area contributed by atoms with Gasteiger partial charge in [0.15, 0.2) is 0 Å². The van der Waals surface area contributed by atoms with Crippen LogP contribution >= 0.6 is 0 Å². The van der Waals surface area contributed by atoms with E-state index in [1.807, 2.05) is 49.4 Å². The maximum Gasteiger partial charge on any atom is 0.221 e. The highest BCUT2D eigenvalue weighted by Gasteiger charge is 2.05. The third kappa shape index (κ3) is 3.53. The van der Waals surface area contributed by atoms with Crippen LogP contribution in [0.5, 0.6) is 5.88 Å². The first kappa shape index (κ1) is 13.0. The lowest BCUT2D eigenvalue weighted by molar-refractivity contribution is 0.345. The molecule has 1 aromatic heterocycles. The van der Waals surface area contributed by atoms with Gasteiger partial charge in [-0.3, -0.25) is 0 Å². The lowest BCUT2D eigenvalue weighted by Crippen LogP contribution is -2.11. The summed E-state index contributed by atoms with van der Waals surface area (Å²) < 4.78 is 5.57. The number of hydrogen-bond acceptors (Lipinski definition) is 5. The fourth-order valence-corrected chi connectivity index (χ4v) is 1.60. The molecule has 5 heteroatoms. The van der Waals surface area contributed by atoms with Crippen molar-refractivity contribution in [3.8, 4) is 5.88 Å². The highest BCUT2D eigenvalue weighted by molar-refractivity contribution is 5.49. The average Bonchev–Trinajstić information content (AvgIpc) is 2.46. The normalized spacial score (nSPS) is 10.6. The predicted molar refractivity (Wildman–Crippen MR) is 75.6 cm³/mol. The largest absolute Gasteiger partial charge is 0.473 e. The van der Waals surface area contributed by atoms with Crippen molar-refractivity contribution in [2.75, 3.05) is 12.0 Å². The van der Waals surface area contributed by atoms with Gasteiger partial charge in [-0.15, -0.1) is 0 Å². The summed E-state index contributed by atoms with van der Waals surface area (Å²) in [5.41, 5.74) is 4.43.